The third-order valence-corrected chi connectivity index (χ3v) is 10.7. The van der Waals surface area contributed by atoms with Crippen LogP contribution in [0, 0.1) is 11.8 Å². The third-order valence-electron chi connectivity index (χ3n) is 4.95. The molecule has 0 bridgehead atoms. The smallest absolute Gasteiger partial charge is 0.229 e. The molecule has 0 radical (unpaired) electrons. The molecule has 0 N–H and O–H groups in total. The standard InChI is InChI=1S/C21H31F3O2Si/c1-7-27(8-2,9-3)17-20(21(22,23)24,26-25-19(4,5)6)16-15-18-13-11-10-12-14-18/h10-14H,7-9,17H2,1-6H3. The summed E-state index contributed by atoms with van der Waals surface area (Å²) in [6.07, 6.45) is -4.67. The summed E-state index contributed by atoms with van der Waals surface area (Å²) in [5.74, 6) is 5.10. The zero-order valence-corrected chi connectivity index (χ0v) is 18.2. The van der Waals surface area contributed by atoms with Gasteiger partial charge >= 0.3 is 6.18 Å². The molecule has 1 aromatic rings. The van der Waals surface area contributed by atoms with E-state index in [2.05, 4.69) is 11.8 Å². The lowest BCUT2D eigenvalue weighted by Gasteiger charge is -2.39. The molecule has 0 aliphatic carbocycles. The summed E-state index contributed by atoms with van der Waals surface area (Å²) in [6.45, 7) is 10.9. The van der Waals surface area contributed by atoms with E-state index in [0.717, 1.165) is 18.1 Å². The summed E-state index contributed by atoms with van der Waals surface area (Å²) in [4.78, 5) is 10.4. The van der Waals surface area contributed by atoms with Crippen molar-refractivity contribution in [3.05, 3.63) is 35.9 Å². The molecule has 1 aromatic carbocycles. The second-order valence-electron chi connectivity index (χ2n) is 7.96. The van der Waals surface area contributed by atoms with Crippen LogP contribution in [0.1, 0.15) is 47.1 Å². The molecule has 0 aromatic heterocycles. The molecule has 0 aliphatic heterocycles. The molecular weight excluding hydrogens is 369 g/mol. The third kappa shape index (κ3) is 6.67. The zero-order chi connectivity index (χ0) is 20.8. The van der Waals surface area contributed by atoms with Crippen molar-refractivity contribution in [3.8, 4) is 11.8 Å². The molecule has 0 amide bonds. The predicted octanol–water partition coefficient (Wildman–Crippen LogP) is 6.59. The monoisotopic (exact) mass is 400 g/mol. The van der Waals surface area contributed by atoms with Crippen molar-refractivity contribution in [3.63, 3.8) is 0 Å². The van der Waals surface area contributed by atoms with Crippen LogP contribution in [0.2, 0.25) is 24.2 Å². The lowest BCUT2D eigenvalue weighted by atomic mass is 10.1. The molecule has 0 fully saturated rings. The molecule has 1 rings (SSSR count). The van der Waals surface area contributed by atoms with E-state index >= 15 is 0 Å². The first-order valence-corrected chi connectivity index (χ1v) is 12.3. The van der Waals surface area contributed by atoms with Crippen LogP contribution in [0.3, 0.4) is 0 Å². The second-order valence-corrected chi connectivity index (χ2v) is 13.4. The number of hydrogen-bond donors (Lipinski definition) is 0. The van der Waals surface area contributed by atoms with Crippen LogP contribution < -0.4 is 0 Å². The maximum atomic E-state index is 14.3. The van der Waals surface area contributed by atoms with Crippen molar-refractivity contribution >= 4 is 8.07 Å². The molecule has 0 spiro atoms. The summed E-state index contributed by atoms with van der Waals surface area (Å²) in [5, 5.41) is 0. The minimum Gasteiger partial charge on any atom is -0.229 e. The first-order chi connectivity index (χ1) is 12.4. The molecule has 1 unspecified atom stereocenters. The van der Waals surface area contributed by atoms with Crippen LogP contribution in [0.25, 0.3) is 0 Å². The van der Waals surface area contributed by atoms with Gasteiger partial charge in [0.05, 0.1) is 13.7 Å². The molecule has 0 saturated carbocycles. The highest BCUT2D eigenvalue weighted by molar-refractivity contribution is 6.80. The molecule has 27 heavy (non-hydrogen) atoms. The van der Waals surface area contributed by atoms with Gasteiger partial charge in [-0.3, -0.25) is 0 Å². The Balaban J connectivity index is 3.47. The molecule has 0 saturated heterocycles. The van der Waals surface area contributed by atoms with Crippen molar-refractivity contribution < 1.29 is 22.9 Å². The Morgan fingerprint density at radius 3 is 1.81 bits per heavy atom. The van der Waals surface area contributed by atoms with E-state index < -0.39 is 25.5 Å². The fraction of sp³-hybridized carbons (Fsp3) is 0.619. The van der Waals surface area contributed by atoms with Crippen molar-refractivity contribution in [1.82, 2.24) is 0 Å². The Morgan fingerprint density at radius 2 is 1.41 bits per heavy atom. The van der Waals surface area contributed by atoms with Crippen molar-refractivity contribution in [2.24, 2.45) is 0 Å². The highest BCUT2D eigenvalue weighted by atomic mass is 28.3. The van der Waals surface area contributed by atoms with E-state index in [4.69, 9.17) is 9.78 Å². The lowest BCUT2D eigenvalue weighted by molar-refractivity contribution is -0.432. The van der Waals surface area contributed by atoms with Crippen LogP contribution in [-0.2, 0) is 9.78 Å². The fourth-order valence-electron chi connectivity index (χ4n) is 2.86. The topological polar surface area (TPSA) is 18.5 Å². The van der Waals surface area contributed by atoms with Gasteiger partial charge in [-0.2, -0.15) is 13.2 Å². The Kier molecular flexibility index (Phi) is 8.15. The molecule has 0 heterocycles. The summed E-state index contributed by atoms with van der Waals surface area (Å²) in [6, 6.07) is 10.7. The first-order valence-electron chi connectivity index (χ1n) is 9.44. The van der Waals surface area contributed by atoms with Crippen molar-refractivity contribution in [1.29, 1.82) is 0 Å². The number of rotatable bonds is 7. The number of alkyl halides is 3. The Hall–Kier alpha value is -1.29. The maximum absolute atomic E-state index is 14.3. The van der Waals surface area contributed by atoms with Crippen LogP contribution in [0.15, 0.2) is 30.3 Å². The number of benzene rings is 1. The average Bonchev–Trinajstić information content (AvgIpc) is 2.61. The van der Waals surface area contributed by atoms with Crippen molar-refractivity contribution in [2.45, 2.75) is 83.1 Å². The zero-order valence-electron chi connectivity index (χ0n) is 17.2. The fourth-order valence-corrected chi connectivity index (χ4v) is 6.51. The number of halogens is 3. The van der Waals surface area contributed by atoms with Gasteiger partial charge in [-0.05, 0) is 44.9 Å². The van der Waals surface area contributed by atoms with Crippen LogP contribution in [0.5, 0.6) is 0 Å². The first kappa shape index (κ1) is 23.7. The van der Waals surface area contributed by atoms with E-state index in [-0.39, 0.29) is 6.04 Å². The van der Waals surface area contributed by atoms with Gasteiger partial charge in [0, 0.05) is 5.56 Å². The van der Waals surface area contributed by atoms with Crippen molar-refractivity contribution in [2.75, 3.05) is 0 Å². The Bertz CT molecular complexity index is 629. The number of hydrogen-bond acceptors (Lipinski definition) is 2. The second kappa shape index (κ2) is 9.27. The molecule has 0 aliphatic rings. The quantitative estimate of drug-likeness (QED) is 0.222. The van der Waals surface area contributed by atoms with E-state index in [1.54, 1.807) is 51.1 Å². The van der Waals surface area contributed by atoms with E-state index in [1.165, 1.54) is 0 Å². The van der Waals surface area contributed by atoms with E-state index in [1.807, 2.05) is 20.8 Å². The van der Waals surface area contributed by atoms with Gasteiger partial charge in [0.1, 0.15) is 0 Å². The van der Waals surface area contributed by atoms with E-state index in [9.17, 15) is 13.2 Å². The molecular formula is C21H31F3O2Si. The van der Waals surface area contributed by atoms with Gasteiger partial charge in [-0.1, -0.05) is 63.0 Å². The van der Waals surface area contributed by atoms with Gasteiger partial charge in [-0.15, -0.1) is 0 Å². The lowest BCUT2D eigenvalue weighted by Crippen LogP contribution is -2.53. The largest absolute Gasteiger partial charge is 0.431 e. The van der Waals surface area contributed by atoms with Gasteiger partial charge in [0.15, 0.2) is 0 Å². The highest BCUT2D eigenvalue weighted by Crippen LogP contribution is 2.43. The van der Waals surface area contributed by atoms with Gasteiger partial charge in [-0.25, -0.2) is 9.78 Å². The minimum atomic E-state index is -4.67. The van der Waals surface area contributed by atoms with Crippen LogP contribution in [0.4, 0.5) is 13.2 Å². The van der Waals surface area contributed by atoms with Crippen LogP contribution >= 0.6 is 0 Å². The normalized spacial score (nSPS) is 15.0. The van der Waals surface area contributed by atoms with Gasteiger partial charge in [0.25, 0.3) is 5.60 Å². The van der Waals surface area contributed by atoms with Crippen LogP contribution in [-0.4, -0.2) is 25.5 Å². The Labute approximate surface area is 162 Å². The Morgan fingerprint density at radius 1 is 0.889 bits per heavy atom. The minimum absolute atomic E-state index is 0.136. The summed E-state index contributed by atoms with van der Waals surface area (Å²) in [5.41, 5.74) is -2.99. The average molecular weight is 401 g/mol. The summed E-state index contributed by atoms with van der Waals surface area (Å²) >= 11 is 0. The summed E-state index contributed by atoms with van der Waals surface area (Å²) < 4.78 is 42.9. The molecule has 2 nitrogen and oxygen atoms in total. The summed E-state index contributed by atoms with van der Waals surface area (Å²) in [7, 11) is -2.22. The van der Waals surface area contributed by atoms with Gasteiger partial charge < -0.3 is 0 Å². The molecule has 152 valence electrons. The maximum Gasteiger partial charge on any atom is 0.431 e. The van der Waals surface area contributed by atoms with Gasteiger partial charge in [0.2, 0.25) is 0 Å². The highest BCUT2D eigenvalue weighted by Gasteiger charge is 2.60. The SMILES string of the molecule is CC[Si](CC)(CC)CC(C#Cc1ccccc1)(OOC(C)(C)C)C(F)(F)F. The molecule has 6 heteroatoms. The molecule has 1 atom stereocenters. The van der Waals surface area contributed by atoms with E-state index in [0.29, 0.717) is 5.56 Å². The predicted molar refractivity (Wildman–Crippen MR) is 106 cm³/mol.